The molecule has 0 saturated heterocycles. The summed E-state index contributed by atoms with van der Waals surface area (Å²) in [6.45, 7) is 1.73. The fourth-order valence-electron chi connectivity index (χ4n) is 3.07. The van der Waals surface area contributed by atoms with Crippen molar-refractivity contribution in [2.45, 2.75) is 6.92 Å². The van der Waals surface area contributed by atoms with Gasteiger partial charge in [-0.25, -0.2) is 9.78 Å². The molecule has 2 heterocycles. The number of urea groups is 1. The monoisotopic (exact) mass is 455 g/mol. The molecule has 4 rings (SSSR count). The molecule has 164 valence electrons. The minimum atomic E-state index is -0.500. The fraction of sp³-hybridized carbons (Fsp3) is 0.136. The van der Waals surface area contributed by atoms with Crippen LogP contribution in [0.1, 0.15) is 5.76 Å². The zero-order chi connectivity index (χ0) is 22.7. The van der Waals surface area contributed by atoms with Gasteiger partial charge in [0.25, 0.3) is 0 Å². The van der Waals surface area contributed by atoms with Crippen LogP contribution in [0, 0.1) is 6.92 Å². The van der Waals surface area contributed by atoms with Gasteiger partial charge in [-0.1, -0.05) is 16.8 Å². The zero-order valence-corrected chi connectivity index (χ0v) is 18.2. The van der Waals surface area contributed by atoms with Crippen molar-refractivity contribution in [2.75, 3.05) is 24.9 Å². The number of rotatable bonds is 6. The van der Waals surface area contributed by atoms with Crippen molar-refractivity contribution < 1.29 is 28.5 Å². The van der Waals surface area contributed by atoms with Crippen molar-refractivity contribution in [1.29, 1.82) is 0 Å². The number of methoxy groups -OCH3 is 2. The van der Waals surface area contributed by atoms with Crippen molar-refractivity contribution >= 4 is 40.0 Å². The third-order valence-electron chi connectivity index (χ3n) is 4.55. The highest BCUT2D eigenvalue weighted by Gasteiger charge is 2.15. The van der Waals surface area contributed by atoms with E-state index in [0.717, 1.165) is 10.9 Å². The molecule has 0 aliphatic carbocycles. The molecule has 0 aliphatic rings. The second kappa shape index (κ2) is 9.03. The van der Waals surface area contributed by atoms with E-state index in [9.17, 15) is 4.79 Å². The molecule has 3 N–H and O–H groups in total. The maximum atomic E-state index is 12.2. The van der Waals surface area contributed by atoms with E-state index in [1.807, 2.05) is 12.1 Å². The summed E-state index contributed by atoms with van der Waals surface area (Å²) in [6, 6.07) is 11.5. The highest BCUT2D eigenvalue weighted by atomic mass is 35.5. The number of hydrogen-bond acceptors (Lipinski definition) is 6. The van der Waals surface area contributed by atoms with E-state index in [4.69, 9.17) is 30.3 Å². The van der Waals surface area contributed by atoms with Gasteiger partial charge in [0.1, 0.15) is 17.3 Å². The molecule has 0 aliphatic heterocycles. The topological polar surface area (TPSA) is 109 Å². The number of carbonyl (C=O) groups is 1. The number of nitrogens with one attached hydrogen (secondary N) is 3. The minimum absolute atomic E-state index is 0.302. The van der Waals surface area contributed by atoms with Crippen molar-refractivity contribution in [3.63, 3.8) is 0 Å². The van der Waals surface area contributed by atoms with Crippen LogP contribution in [0.4, 0.5) is 16.3 Å². The Bertz CT molecular complexity index is 1290. The van der Waals surface area contributed by atoms with E-state index < -0.39 is 6.03 Å². The molecule has 2 amide bonds. The van der Waals surface area contributed by atoms with Crippen molar-refractivity contribution in [2.24, 2.45) is 0 Å². The number of H-pyrrole nitrogens is 1. The molecule has 0 spiro atoms. The number of fused-ring (bicyclic) bond motifs is 1. The second-order valence-corrected chi connectivity index (χ2v) is 7.15. The predicted molar refractivity (Wildman–Crippen MR) is 119 cm³/mol. The van der Waals surface area contributed by atoms with Gasteiger partial charge in [-0.3, -0.25) is 5.32 Å². The van der Waals surface area contributed by atoms with E-state index in [0.29, 0.717) is 45.3 Å². The van der Waals surface area contributed by atoms with Crippen LogP contribution in [0.3, 0.4) is 0 Å². The highest BCUT2D eigenvalue weighted by molar-refractivity contribution is 6.34. The Balaban J connectivity index is 1.53. The van der Waals surface area contributed by atoms with Crippen molar-refractivity contribution in [3.8, 4) is 23.0 Å². The summed E-state index contributed by atoms with van der Waals surface area (Å²) in [5.74, 6) is 3.16. The number of aromatic nitrogens is 2. The molecule has 2 aromatic heterocycles. The zero-order valence-electron chi connectivity index (χ0n) is 17.5. The average molecular weight is 456 g/mol. The summed E-state index contributed by atoms with van der Waals surface area (Å²) >= 11 is 6.35. The third-order valence-corrected chi connectivity index (χ3v) is 4.86. The van der Waals surface area contributed by atoms with Crippen LogP contribution >= 0.6 is 11.6 Å². The molecular weight excluding hydrogens is 436 g/mol. The molecule has 0 fully saturated rings. The van der Waals surface area contributed by atoms with Gasteiger partial charge in [0, 0.05) is 24.3 Å². The van der Waals surface area contributed by atoms with Crippen LogP contribution in [-0.2, 0) is 0 Å². The maximum Gasteiger partial charge on any atom is 0.324 e. The average Bonchev–Trinajstić information content (AvgIpc) is 3.19. The summed E-state index contributed by atoms with van der Waals surface area (Å²) in [5.41, 5.74) is 1.22. The minimum Gasteiger partial charge on any atom is -0.493 e. The molecule has 0 atom stereocenters. The van der Waals surface area contributed by atoms with E-state index >= 15 is 0 Å². The van der Waals surface area contributed by atoms with E-state index in [1.54, 1.807) is 57.7 Å². The summed E-state index contributed by atoms with van der Waals surface area (Å²) < 4.78 is 21.7. The summed E-state index contributed by atoms with van der Waals surface area (Å²) in [6.07, 6.45) is 1.76. The number of halogens is 1. The number of ether oxygens (including phenoxy) is 3. The van der Waals surface area contributed by atoms with E-state index in [1.165, 1.54) is 0 Å². The van der Waals surface area contributed by atoms with Gasteiger partial charge in [0.05, 0.1) is 36.4 Å². The van der Waals surface area contributed by atoms with E-state index in [2.05, 4.69) is 20.8 Å². The molecular formula is C22H20ClN4O5+. The predicted octanol–water partition coefficient (Wildman–Crippen LogP) is 5.06. The first-order valence-electron chi connectivity index (χ1n) is 9.52. The van der Waals surface area contributed by atoms with Gasteiger partial charge in [-0.2, -0.15) is 0 Å². The number of amides is 2. The van der Waals surface area contributed by atoms with E-state index in [-0.39, 0.29) is 0 Å². The summed E-state index contributed by atoms with van der Waals surface area (Å²) in [7, 11) is 3.15. The van der Waals surface area contributed by atoms with Gasteiger partial charge in [-0.15, -0.1) is 0 Å². The Morgan fingerprint density at radius 1 is 1.03 bits per heavy atom. The number of carbonyl (C=O) groups excluding carboxylic acids is 1. The number of hydrogen-bond donors (Lipinski definition) is 2. The Hall–Kier alpha value is -3.98. The molecule has 10 heteroatoms. The largest absolute Gasteiger partial charge is 0.493 e. The lowest BCUT2D eigenvalue weighted by atomic mass is 10.2. The van der Waals surface area contributed by atoms with Gasteiger partial charge >= 0.3 is 6.03 Å². The lowest BCUT2D eigenvalue weighted by Crippen LogP contribution is -2.19. The number of aryl methyl sites for hydroxylation is 1. The third kappa shape index (κ3) is 4.52. The number of pyridine rings is 1. The molecule has 4 aromatic rings. The van der Waals surface area contributed by atoms with Gasteiger partial charge in [-0.05, 0) is 19.1 Å². The summed E-state index contributed by atoms with van der Waals surface area (Å²) in [4.78, 5) is 15.3. The highest BCUT2D eigenvalue weighted by Crippen LogP contribution is 2.37. The molecule has 9 nitrogen and oxygen atoms in total. The molecule has 32 heavy (non-hydrogen) atoms. The Kier molecular flexibility index (Phi) is 6.00. The molecule has 0 radical (unpaired) electrons. The Labute approximate surface area is 188 Å². The smallest absolute Gasteiger partial charge is 0.324 e. The number of benzene rings is 2. The summed E-state index contributed by atoms with van der Waals surface area (Å²) in [5, 5.41) is 10.0. The van der Waals surface area contributed by atoms with Crippen LogP contribution in [0.15, 0.2) is 53.2 Å². The fourth-order valence-corrected chi connectivity index (χ4v) is 3.29. The first-order chi connectivity index (χ1) is 15.5. The molecule has 0 saturated carbocycles. The normalized spacial score (nSPS) is 10.6. The van der Waals surface area contributed by atoms with Gasteiger partial charge in [0.15, 0.2) is 23.5 Å². The van der Waals surface area contributed by atoms with Crippen molar-refractivity contribution in [1.82, 2.24) is 5.16 Å². The quantitative estimate of drug-likeness (QED) is 0.420. The van der Waals surface area contributed by atoms with Crippen LogP contribution in [0.5, 0.6) is 23.0 Å². The molecule has 0 unspecified atom stereocenters. The second-order valence-electron chi connectivity index (χ2n) is 6.74. The van der Waals surface area contributed by atoms with Gasteiger partial charge in [0.2, 0.25) is 5.52 Å². The lowest BCUT2D eigenvalue weighted by Gasteiger charge is -2.12. The first-order valence-corrected chi connectivity index (χ1v) is 9.90. The maximum absolute atomic E-state index is 12.2. The van der Waals surface area contributed by atoms with Crippen LogP contribution in [0.2, 0.25) is 5.02 Å². The SMILES string of the molecule is COc1cc2[nH+]ccc(Oc3ccc(NC(=O)Nc4cc(C)on4)c(Cl)c3)c2cc1OC. The number of nitrogens with zero attached hydrogens (tertiary/aromatic N) is 1. The van der Waals surface area contributed by atoms with Crippen LogP contribution in [-0.4, -0.2) is 25.4 Å². The Morgan fingerprint density at radius 2 is 1.81 bits per heavy atom. The standard InChI is InChI=1S/C22H19ClN4O5/c1-12-8-21(27-32-12)26-22(28)25-16-5-4-13(9-15(16)23)31-18-6-7-24-17-11-20(30-3)19(29-2)10-14(17)18/h4-11H,1-3H3,(H2,25,26,27,28)/p+1. The van der Waals surface area contributed by atoms with Crippen LogP contribution < -0.4 is 29.8 Å². The van der Waals surface area contributed by atoms with Gasteiger partial charge < -0.3 is 24.1 Å². The molecule has 2 aromatic carbocycles. The Morgan fingerprint density at radius 3 is 2.50 bits per heavy atom. The lowest BCUT2D eigenvalue weighted by molar-refractivity contribution is -0.344. The van der Waals surface area contributed by atoms with Crippen LogP contribution in [0.25, 0.3) is 10.9 Å². The number of aromatic amines is 1. The van der Waals surface area contributed by atoms with Crippen molar-refractivity contribution in [3.05, 3.63) is 59.4 Å². The number of anilines is 2. The first kappa shape index (κ1) is 21.3. The molecule has 0 bridgehead atoms.